The molecule has 0 bridgehead atoms. The van der Waals surface area contributed by atoms with E-state index in [-0.39, 0.29) is 5.91 Å². The second kappa shape index (κ2) is 5.99. The van der Waals surface area contributed by atoms with Crippen LogP contribution in [-0.2, 0) is 0 Å². The second-order valence-electron chi connectivity index (χ2n) is 3.42. The van der Waals surface area contributed by atoms with Gasteiger partial charge < -0.3 is 5.32 Å². The van der Waals surface area contributed by atoms with E-state index in [0.717, 1.165) is 8.04 Å². The van der Waals surface area contributed by atoms with E-state index in [1.165, 1.54) is 0 Å². The smallest absolute Gasteiger partial charge is 0.257 e. The normalized spacial score (nSPS) is 10.2. The van der Waals surface area contributed by atoms with Crippen molar-refractivity contribution >= 4 is 61.8 Å². The summed E-state index contributed by atoms with van der Waals surface area (Å²) in [5.41, 5.74) is 0.559. The molecular formula is C12H7BrClIN2O. The third kappa shape index (κ3) is 3.43. The van der Waals surface area contributed by atoms with Crippen LogP contribution in [0.5, 0.6) is 0 Å². The summed E-state index contributed by atoms with van der Waals surface area (Å²) in [7, 11) is 0. The molecule has 0 aliphatic carbocycles. The average Bonchev–Trinajstić information content (AvgIpc) is 2.32. The van der Waals surface area contributed by atoms with Crippen LogP contribution in [0.15, 0.2) is 40.9 Å². The number of carbonyl (C=O) groups excluding carboxylic acids is 1. The number of carbonyl (C=O) groups is 1. The van der Waals surface area contributed by atoms with Gasteiger partial charge in [-0.15, -0.1) is 0 Å². The van der Waals surface area contributed by atoms with Crippen molar-refractivity contribution in [3.05, 3.63) is 55.2 Å². The SMILES string of the molecule is O=C(Nc1cccc(Cl)n1)c1cc(I)ccc1Br. The fourth-order valence-corrected chi connectivity index (χ4v) is 2.41. The average molecular weight is 437 g/mol. The largest absolute Gasteiger partial charge is 0.306 e. The van der Waals surface area contributed by atoms with Gasteiger partial charge in [-0.05, 0) is 68.9 Å². The number of anilines is 1. The first-order chi connectivity index (χ1) is 8.56. The van der Waals surface area contributed by atoms with Gasteiger partial charge in [-0.2, -0.15) is 0 Å². The summed E-state index contributed by atoms with van der Waals surface area (Å²) in [6.07, 6.45) is 0. The first-order valence-corrected chi connectivity index (χ1v) is 7.20. The van der Waals surface area contributed by atoms with Crippen LogP contribution in [0, 0.1) is 3.57 Å². The minimum atomic E-state index is -0.227. The number of hydrogen-bond donors (Lipinski definition) is 1. The zero-order valence-electron chi connectivity index (χ0n) is 8.95. The lowest BCUT2D eigenvalue weighted by Crippen LogP contribution is -2.13. The van der Waals surface area contributed by atoms with Crippen LogP contribution in [-0.4, -0.2) is 10.9 Å². The monoisotopic (exact) mass is 436 g/mol. The Morgan fingerprint density at radius 1 is 1.33 bits per heavy atom. The molecule has 92 valence electrons. The van der Waals surface area contributed by atoms with E-state index in [0.29, 0.717) is 16.5 Å². The van der Waals surface area contributed by atoms with Crippen LogP contribution < -0.4 is 5.32 Å². The fourth-order valence-electron chi connectivity index (χ4n) is 1.33. The van der Waals surface area contributed by atoms with Crippen molar-refractivity contribution in [2.75, 3.05) is 5.32 Å². The molecule has 1 heterocycles. The summed E-state index contributed by atoms with van der Waals surface area (Å²) >= 11 is 11.3. The zero-order valence-corrected chi connectivity index (χ0v) is 13.5. The predicted molar refractivity (Wildman–Crippen MR) is 84.1 cm³/mol. The van der Waals surface area contributed by atoms with Gasteiger partial charge in [0.15, 0.2) is 0 Å². The van der Waals surface area contributed by atoms with Crippen LogP contribution >= 0.6 is 50.1 Å². The van der Waals surface area contributed by atoms with Crippen molar-refractivity contribution in [1.29, 1.82) is 0 Å². The summed E-state index contributed by atoms with van der Waals surface area (Å²) < 4.78 is 1.72. The van der Waals surface area contributed by atoms with Crippen LogP contribution in [0.3, 0.4) is 0 Å². The lowest BCUT2D eigenvalue weighted by Gasteiger charge is -2.06. The van der Waals surface area contributed by atoms with E-state index in [9.17, 15) is 4.79 Å². The van der Waals surface area contributed by atoms with Gasteiger partial charge in [-0.1, -0.05) is 17.7 Å². The molecule has 0 fully saturated rings. The van der Waals surface area contributed by atoms with Gasteiger partial charge in [0.1, 0.15) is 11.0 Å². The summed E-state index contributed by atoms with van der Waals surface area (Å²) in [5, 5.41) is 3.04. The van der Waals surface area contributed by atoms with Gasteiger partial charge in [0, 0.05) is 8.04 Å². The minimum absolute atomic E-state index is 0.227. The van der Waals surface area contributed by atoms with Crippen LogP contribution in [0.25, 0.3) is 0 Å². The third-order valence-electron chi connectivity index (χ3n) is 2.13. The number of nitrogens with one attached hydrogen (secondary N) is 1. The maximum atomic E-state index is 12.1. The Hall–Kier alpha value is -0.660. The molecule has 0 spiro atoms. The minimum Gasteiger partial charge on any atom is -0.306 e. The standard InChI is InChI=1S/C12H7BrClIN2O/c13-9-5-4-7(15)6-8(9)12(18)17-11-3-1-2-10(14)16-11/h1-6H,(H,16,17,18). The first-order valence-electron chi connectivity index (χ1n) is 4.95. The molecule has 18 heavy (non-hydrogen) atoms. The van der Waals surface area contributed by atoms with Crippen molar-refractivity contribution in [3.8, 4) is 0 Å². The maximum Gasteiger partial charge on any atom is 0.257 e. The Kier molecular flexibility index (Phi) is 4.58. The number of halogens is 3. The Labute approximate surface area is 131 Å². The van der Waals surface area contributed by atoms with E-state index in [1.807, 2.05) is 12.1 Å². The number of nitrogens with zero attached hydrogens (tertiary/aromatic N) is 1. The van der Waals surface area contributed by atoms with Gasteiger partial charge in [0.05, 0.1) is 5.56 Å². The number of hydrogen-bond acceptors (Lipinski definition) is 2. The Morgan fingerprint density at radius 2 is 2.11 bits per heavy atom. The Balaban J connectivity index is 2.24. The highest BCUT2D eigenvalue weighted by Crippen LogP contribution is 2.20. The van der Waals surface area contributed by atoms with Crippen molar-refractivity contribution in [2.24, 2.45) is 0 Å². The molecular weight excluding hydrogens is 430 g/mol. The first kappa shape index (κ1) is 13.8. The highest BCUT2D eigenvalue weighted by Gasteiger charge is 2.11. The number of benzene rings is 1. The van der Waals surface area contributed by atoms with E-state index in [2.05, 4.69) is 48.8 Å². The zero-order chi connectivity index (χ0) is 13.1. The van der Waals surface area contributed by atoms with Gasteiger partial charge in [0.2, 0.25) is 0 Å². The van der Waals surface area contributed by atoms with Crippen molar-refractivity contribution in [3.63, 3.8) is 0 Å². The summed E-state index contributed by atoms with van der Waals surface area (Å²) in [6, 6.07) is 10.6. The molecule has 0 aliphatic rings. The maximum absolute atomic E-state index is 12.1. The molecule has 0 saturated heterocycles. The van der Waals surface area contributed by atoms with Gasteiger partial charge >= 0.3 is 0 Å². The van der Waals surface area contributed by atoms with Gasteiger partial charge in [-0.3, -0.25) is 4.79 Å². The third-order valence-corrected chi connectivity index (χ3v) is 3.70. The molecule has 0 radical (unpaired) electrons. The van der Waals surface area contributed by atoms with Crippen molar-refractivity contribution in [1.82, 2.24) is 4.98 Å². The molecule has 0 aliphatic heterocycles. The molecule has 0 atom stereocenters. The highest BCUT2D eigenvalue weighted by molar-refractivity contribution is 14.1. The van der Waals surface area contributed by atoms with E-state index >= 15 is 0 Å². The van der Waals surface area contributed by atoms with E-state index < -0.39 is 0 Å². The predicted octanol–water partition coefficient (Wildman–Crippen LogP) is 4.35. The van der Waals surface area contributed by atoms with Crippen molar-refractivity contribution in [2.45, 2.75) is 0 Å². The quantitative estimate of drug-likeness (QED) is 0.561. The lowest BCUT2D eigenvalue weighted by atomic mass is 10.2. The molecule has 1 N–H and O–H groups in total. The molecule has 1 amide bonds. The summed E-state index contributed by atoms with van der Waals surface area (Å²) in [4.78, 5) is 16.1. The van der Waals surface area contributed by atoms with Gasteiger partial charge in [-0.25, -0.2) is 4.98 Å². The molecule has 0 saturated carbocycles. The van der Waals surface area contributed by atoms with Gasteiger partial charge in [0.25, 0.3) is 5.91 Å². The molecule has 3 nitrogen and oxygen atoms in total. The number of amides is 1. The number of aromatic nitrogens is 1. The topological polar surface area (TPSA) is 42.0 Å². The fraction of sp³-hybridized carbons (Fsp3) is 0. The van der Waals surface area contributed by atoms with Crippen LogP contribution in [0.2, 0.25) is 5.15 Å². The summed E-state index contributed by atoms with van der Waals surface area (Å²) in [5.74, 6) is 0.202. The van der Waals surface area contributed by atoms with Crippen molar-refractivity contribution < 1.29 is 4.79 Å². The van der Waals surface area contributed by atoms with Crippen LogP contribution in [0.4, 0.5) is 5.82 Å². The van der Waals surface area contributed by atoms with E-state index in [4.69, 9.17) is 11.6 Å². The molecule has 1 aromatic carbocycles. The molecule has 1 aromatic heterocycles. The lowest BCUT2D eigenvalue weighted by molar-refractivity contribution is 0.102. The molecule has 2 rings (SSSR count). The Morgan fingerprint density at radius 3 is 2.83 bits per heavy atom. The Bertz CT molecular complexity index is 606. The van der Waals surface area contributed by atoms with E-state index in [1.54, 1.807) is 24.3 Å². The number of rotatable bonds is 2. The molecule has 2 aromatic rings. The second-order valence-corrected chi connectivity index (χ2v) is 5.91. The molecule has 6 heteroatoms. The highest BCUT2D eigenvalue weighted by atomic mass is 127. The summed E-state index contributed by atoms with van der Waals surface area (Å²) in [6.45, 7) is 0. The number of pyridine rings is 1. The molecule has 0 unspecified atom stereocenters. The van der Waals surface area contributed by atoms with Crippen LogP contribution in [0.1, 0.15) is 10.4 Å².